The summed E-state index contributed by atoms with van der Waals surface area (Å²) in [4.78, 5) is 27.5. The fraction of sp³-hybridized carbons (Fsp3) is 0.214. The first-order valence-corrected chi connectivity index (χ1v) is 11.3. The fourth-order valence-electron chi connectivity index (χ4n) is 3.72. The van der Waals surface area contributed by atoms with Gasteiger partial charge in [-0.25, -0.2) is 0 Å². The molecule has 0 radical (unpaired) electrons. The number of hydrogen-bond acceptors (Lipinski definition) is 5. The number of carbonyl (C=O) groups excluding carboxylic acids is 2. The van der Waals surface area contributed by atoms with Crippen LogP contribution in [-0.2, 0) is 20.8 Å². The molecule has 0 fully saturated rings. The zero-order valence-corrected chi connectivity index (χ0v) is 20.0. The van der Waals surface area contributed by atoms with Crippen molar-refractivity contribution in [1.82, 2.24) is 5.32 Å². The van der Waals surface area contributed by atoms with E-state index in [1.807, 2.05) is 55.5 Å². The highest BCUT2D eigenvalue weighted by molar-refractivity contribution is 6.09. The van der Waals surface area contributed by atoms with Gasteiger partial charge in [-0.2, -0.15) is 0 Å². The summed E-state index contributed by atoms with van der Waals surface area (Å²) < 4.78 is 16.1. The minimum atomic E-state index is -0.511. The van der Waals surface area contributed by atoms with Crippen LogP contribution in [0.1, 0.15) is 27.0 Å². The van der Waals surface area contributed by atoms with E-state index < -0.39 is 6.29 Å². The maximum absolute atomic E-state index is 13.4. The first-order valence-electron chi connectivity index (χ1n) is 11.3. The molecule has 1 aliphatic rings. The van der Waals surface area contributed by atoms with Gasteiger partial charge in [-0.3, -0.25) is 14.5 Å². The van der Waals surface area contributed by atoms with Gasteiger partial charge >= 0.3 is 0 Å². The summed E-state index contributed by atoms with van der Waals surface area (Å²) in [7, 11) is 3.02. The van der Waals surface area contributed by atoms with Crippen molar-refractivity contribution in [3.8, 4) is 5.75 Å². The van der Waals surface area contributed by atoms with E-state index in [1.165, 1.54) is 14.2 Å². The number of nitrogens with one attached hydrogen (secondary N) is 1. The highest BCUT2D eigenvalue weighted by Gasteiger charge is 2.30. The Labute approximate surface area is 204 Å². The number of ether oxygens (including phenoxy) is 3. The summed E-state index contributed by atoms with van der Waals surface area (Å²) in [6.45, 7) is 2.70. The molecule has 4 rings (SSSR count). The Kier molecular flexibility index (Phi) is 7.60. The Morgan fingerprint density at radius 1 is 1.00 bits per heavy atom. The fourth-order valence-corrected chi connectivity index (χ4v) is 3.72. The first kappa shape index (κ1) is 24.2. The third kappa shape index (κ3) is 5.77. The Hall–Kier alpha value is -3.94. The summed E-state index contributed by atoms with van der Waals surface area (Å²) in [5, 5.41) is 2.76. The Morgan fingerprint density at radius 2 is 1.69 bits per heavy atom. The van der Waals surface area contributed by atoms with Crippen molar-refractivity contribution in [2.75, 3.05) is 25.7 Å². The van der Waals surface area contributed by atoms with Gasteiger partial charge in [0, 0.05) is 19.8 Å². The molecule has 35 heavy (non-hydrogen) atoms. The summed E-state index contributed by atoms with van der Waals surface area (Å²) in [6, 6.07) is 22.5. The number of methoxy groups -OCH3 is 2. The maximum Gasteiger partial charge on any atom is 0.294 e. The van der Waals surface area contributed by atoms with Gasteiger partial charge in [0.25, 0.3) is 11.8 Å². The Morgan fingerprint density at radius 3 is 2.37 bits per heavy atom. The largest absolute Gasteiger partial charge is 0.449 e. The lowest BCUT2D eigenvalue weighted by Gasteiger charge is -2.30. The van der Waals surface area contributed by atoms with E-state index in [0.29, 0.717) is 17.9 Å². The lowest BCUT2D eigenvalue weighted by molar-refractivity contribution is -0.117. The van der Waals surface area contributed by atoms with Crippen LogP contribution in [0.2, 0.25) is 0 Å². The molecule has 0 saturated heterocycles. The standard InChI is InChI=1S/C28H28N2O5/c1-19-8-10-21(11-9-19)18-30-23-6-4-5-7-24(23)35-25(28(30)32)16-20-12-14-22(15-13-20)27(31)29-17-26(33-2)34-3/h4-16,26H,17-18H2,1-3H3,(H,29,31)/b25-16+. The van der Waals surface area contributed by atoms with Crippen molar-refractivity contribution in [2.24, 2.45) is 0 Å². The quantitative estimate of drug-likeness (QED) is 0.391. The third-order valence-electron chi connectivity index (χ3n) is 5.72. The molecule has 1 heterocycles. The predicted octanol–water partition coefficient (Wildman–Crippen LogP) is 4.31. The molecule has 7 heteroatoms. The molecule has 0 bridgehead atoms. The smallest absolute Gasteiger partial charge is 0.294 e. The summed E-state index contributed by atoms with van der Waals surface area (Å²) in [5.74, 6) is 0.367. The topological polar surface area (TPSA) is 77.1 Å². The van der Waals surface area contributed by atoms with Crippen molar-refractivity contribution < 1.29 is 23.8 Å². The van der Waals surface area contributed by atoms with E-state index in [1.54, 1.807) is 35.2 Å². The molecule has 7 nitrogen and oxygen atoms in total. The third-order valence-corrected chi connectivity index (χ3v) is 5.72. The van der Waals surface area contributed by atoms with Gasteiger partial charge in [0.2, 0.25) is 0 Å². The number of amides is 2. The van der Waals surface area contributed by atoms with E-state index in [2.05, 4.69) is 5.32 Å². The highest BCUT2D eigenvalue weighted by atomic mass is 16.7. The number of rotatable bonds is 8. The first-order chi connectivity index (χ1) is 17.0. The second kappa shape index (κ2) is 11.0. The molecule has 0 spiro atoms. The maximum atomic E-state index is 13.4. The molecule has 3 aromatic rings. The van der Waals surface area contributed by atoms with Crippen LogP contribution >= 0.6 is 0 Å². The van der Waals surface area contributed by atoms with Gasteiger partial charge in [-0.1, -0.05) is 54.1 Å². The van der Waals surface area contributed by atoms with Crippen LogP contribution in [0.15, 0.2) is 78.6 Å². The SMILES string of the molecule is COC(CNC(=O)c1ccc(/C=C2/Oc3ccccc3N(Cc3ccc(C)cc3)C2=O)cc1)OC. The average Bonchev–Trinajstić information content (AvgIpc) is 2.88. The molecule has 1 N–H and O–H groups in total. The normalized spacial score (nSPS) is 14.1. The number of benzene rings is 3. The van der Waals surface area contributed by atoms with Crippen LogP contribution < -0.4 is 15.0 Å². The van der Waals surface area contributed by atoms with Crippen LogP contribution in [0, 0.1) is 6.92 Å². The number of hydrogen-bond donors (Lipinski definition) is 1. The Bertz CT molecular complexity index is 1210. The van der Waals surface area contributed by atoms with Crippen molar-refractivity contribution in [1.29, 1.82) is 0 Å². The van der Waals surface area contributed by atoms with E-state index in [4.69, 9.17) is 14.2 Å². The number of para-hydroxylation sites is 2. The number of aryl methyl sites for hydroxylation is 1. The molecule has 1 aliphatic heterocycles. The predicted molar refractivity (Wildman–Crippen MR) is 134 cm³/mol. The average molecular weight is 473 g/mol. The molecular formula is C28H28N2O5. The minimum Gasteiger partial charge on any atom is -0.449 e. The monoisotopic (exact) mass is 472 g/mol. The van der Waals surface area contributed by atoms with Gasteiger partial charge in [-0.05, 0) is 48.4 Å². The molecule has 0 aromatic heterocycles. The van der Waals surface area contributed by atoms with Crippen LogP contribution in [0.3, 0.4) is 0 Å². The van der Waals surface area contributed by atoms with E-state index in [9.17, 15) is 9.59 Å². The number of fused-ring (bicyclic) bond motifs is 1. The zero-order chi connectivity index (χ0) is 24.8. The van der Waals surface area contributed by atoms with Crippen molar-refractivity contribution >= 4 is 23.6 Å². The van der Waals surface area contributed by atoms with Crippen molar-refractivity contribution in [2.45, 2.75) is 19.8 Å². The van der Waals surface area contributed by atoms with Crippen molar-refractivity contribution in [3.63, 3.8) is 0 Å². The molecule has 0 aliphatic carbocycles. The van der Waals surface area contributed by atoms with Gasteiger partial charge in [-0.15, -0.1) is 0 Å². The molecular weight excluding hydrogens is 444 g/mol. The second-order valence-electron chi connectivity index (χ2n) is 8.19. The molecule has 3 aromatic carbocycles. The van der Waals surface area contributed by atoms with E-state index in [0.717, 1.165) is 22.4 Å². The summed E-state index contributed by atoms with van der Waals surface area (Å²) >= 11 is 0. The molecule has 0 unspecified atom stereocenters. The van der Waals surface area contributed by atoms with Crippen molar-refractivity contribution in [3.05, 3.63) is 101 Å². The molecule has 0 saturated carbocycles. The number of carbonyl (C=O) groups is 2. The Balaban J connectivity index is 1.53. The highest BCUT2D eigenvalue weighted by Crippen LogP contribution is 2.36. The van der Waals surface area contributed by atoms with E-state index >= 15 is 0 Å². The van der Waals surface area contributed by atoms with Crippen LogP contribution in [0.25, 0.3) is 6.08 Å². The van der Waals surface area contributed by atoms with Crippen LogP contribution in [-0.4, -0.2) is 38.9 Å². The van der Waals surface area contributed by atoms with Gasteiger partial charge in [0.05, 0.1) is 18.8 Å². The lowest BCUT2D eigenvalue weighted by Crippen LogP contribution is -2.36. The summed E-state index contributed by atoms with van der Waals surface area (Å²) in [6.07, 6.45) is 1.18. The number of anilines is 1. The minimum absolute atomic E-state index is 0.219. The van der Waals surface area contributed by atoms with Gasteiger partial charge < -0.3 is 19.5 Å². The molecule has 0 atom stereocenters. The van der Waals surface area contributed by atoms with Gasteiger partial charge in [0.15, 0.2) is 17.8 Å². The summed E-state index contributed by atoms with van der Waals surface area (Å²) in [5.41, 5.74) is 4.15. The number of nitrogens with zero attached hydrogens (tertiary/aromatic N) is 1. The van der Waals surface area contributed by atoms with Crippen LogP contribution in [0.5, 0.6) is 5.75 Å². The van der Waals surface area contributed by atoms with Gasteiger partial charge in [0.1, 0.15) is 0 Å². The van der Waals surface area contributed by atoms with E-state index in [-0.39, 0.29) is 24.1 Å². The van der Waals surface area contributed by atoms with Crippen LogP contribution in [0.4, 0.5) is 5.69 Å². The second-order valence-corrected chi connectivity index (χ2v) is 8.19. The molecule has 2 amide bonds. The zero-order valence-electron chi connectivity index (χ0n) is 20.0. The lowest BCUT2D eigenvalue weighted by atomic mass is 10.1. The molecule has 180 valence electrons.